The van der Waals surface area contributed by atoms with Crippen molar-refractivity contribution in [3.05, 3.63) is 62.7 Å². The number of hydrogen-bond donors (Lipinski definition) is 2. The number of nitrogens with one attached hydrogen (secondary N) is 2. The van der Waals surface area contributed by atoms with Gasteiger partial charge in [0.2, 0.25) is 5.91 Å². The normalized spacial score (nSPS) is 12.0. The molecule has 3 nitrogen and oxygen atoms in total. The summed E-state index contributed by atoms with van der Waals surface area (Å²) in [5.74, 6) is -0.0732. The van der Waals surface area contributed by atoms with Gasteiger partial charge in [-0.05, 0) is 59.3 Å². The molecule has 0 saturated heterocycles. The summed E-state index contributed by atoms with van der Waals surface area (Å²) in [5, 5.41) is 6.75. The van der Waals surface area contributed by atoms with Gasteiger partial charge in [0, 0.05) is 20.3 Å². The SMILES string of the molecule is C[C@H](NCC(=O)Nc1cccc(I)c1)c1ccccc1Cl. The predicted octanol–water partition coefficient (Wildman–Crippen LogP) is 4.23. The minimum Gasteiger partial charge on any atom is -0.325 e. The van der Waals surface area contributed by atoms with Crippen molar-refractivity contribution in [3.63, 3.8) is 0 Å². The van der Waals surface area contributed by atoms with Gasteiger partial charge < -0.3 is 10.6 Å². The molecule has 2 aromatic carbocycles. The Labute approximate surface area is 143 Å². The Morgan fingerprint density at radius 1 is 1.24 bits per heavy atom. The van der Waals surface area contributed by atoms with Crippen molar-refractivity contribution in [3.8, 4) is 0 Å². The first-order valence-corrected chi connectivity index (χ1v) is 8.05. The second kappa shape index (κ2) is 7.77. The van der Waals surface area contributed by atoms with Crippen LogP contribution in [0, 0.1) is 3.57 Å². The molecule has 0 unspecified atom stereocenters. The Bertz CT molecular complexity index is 633. The molecule has 0 aliphatic heterocycles. The summed E-state index contributed by atoms with van der Waals surface area (Å²) >= 11 is 8.35. The van der Waals surface area contributed by atoms with Crippen molar-refractivity contribution >= 4 is 45.8 Å². The Kier molecular flexibility index (Phi) is 6.02. The number of carbonyl (C=O) groups excluding carboxylic acids is 1. The van der Waals surface area contributed by atoms with Gasteiger partial charge in [-0.2, -0.15) is 0 Å². The molecule has 0 bridgehead atoms. The lowest BCUT2D eigenvalue weighted by Gasteiger charge is -2.15. The standard InChI is InChI=1S/C16H16ClIN2O/c1-11(14-7-2-3-8-15(14)17)19-10-16(21)20-13-6-4-5-12(18)9-13/h2-9,11,19H,10H2,1H3,(H,20,21)/t11-/m0/s1. The van der Waals surface area contributed by atoms with Crippen LogP contribution in [0.5, 0.6) is 0 Å². The highest BCUT2D eigenvalue weighted by Crippen LogP contribution is 2.21. The van der Waals surface area contributed by atoms with Crippen molar-refractivity contribution in [1.82, 2.24) is 5.32 Å². The largest absolute Gasteiger partial charge is 0.325 e. The zero-order valence-corrected chi connectivity index (χ0v) is 14.5. The van der Waals surface area contributed by atoms with Crippen molar-refractivity contribution < 1.29 is 4.79 Å². The minimum absolute atomic E-state index is 0.0142. The van der Waals surface area contributed by atoms with Gasteiger partial charge in [-0.15, -0.1) is 0 Å². The Balaban J connectivity index is 1.88. The monoisotopic (exact) mass is 414 g/mol. The van der Waals surface area contributed by atoms with Crippen molar-refractivity contribution in [2.75, 3.05) is 11.9 Å². The third-order valence-corrected chi connectivity index (χ3v) is 4.06. The van der Waals surface area contributed by atoms with Crippen LogP contribution < -0.4 is 10.6 Å². The molecule has 5 heteroatoms. The highest BCUT2D eigenvalue weighted by molar-refractivity contribution is 14.1. The summed E-state index contributed by atoms with van der Waals surface area (Å²) in [6, 6.07) is 15.3. The van der Waals surface area contributed by atoms with E-state index in [1.54, 1.807) is 0 Å². The molecule has 0 spiro atoms. The molecule has 1 atom stereocenters. The fraction of sp³-hybridized carbons (Fsp3) is 0.188. The van der Waals surface area contributed by atoms with E-state index in [1.807, 2.05) is 55.5 Å². The summed E-state index contributed by atoms with van der Waals surface area (Å²) in [6.07, 6.45) is 0. The smallest absolute Gasteiger partial charge is 0.238 e. The van der Waals surface area contributed by atoms with E-state index >= 15 is 0 Å². The first-order valence-electron chi connectivity index (χ1n) is 6.59. The Morgan fingerprint density at radius 2 is 2.00 bits per heavy atom. The highest BCUT2D eigenvalue weighted by Gasteiger charge is 2.10. The minimum atomic E-state index is -0.0732. The molecular formula is C16H16ClIN2O. The van der Waals surface area contributed by atoms with E-state index in [-0.39, 0.29) is 18.5 Å². The third-order valence-electron chi connectivity index (χ3n) is 3.05. The third kappa shape index (κ3) is 4.98. The lowest BCUT2D eigenvalue weighted by Crippen LogP contribution is -2.30. The molecule has 21 heavy (non-hydrogen) atoms. The van der Waals surface area contributed by atoms with Gasteiger partial charge in [0.25, 0.3) is 0 Å². The van der Waals surface area contributed by atoms with Crippen molar-refractivity contribution in [2.45, 2.75) is 13.0 Å². The number of amides is 1. The van der Waals surface area contributed by atoms with E-state index < -0.39 is 0 Å². The fourth-order valence-corrected chi connectivity index (χ4v) is 2.80. The number of carbonyl (C=O) groups is 1. The van der Waals surface area contributed by atoms with Crippen LogP contribution in [0.3, 0.4) is 0 Å². The lowest BCUT2D eigenvalue weighted by atomic mass is 10.1. The van der Waals surface area contributed by atoms with Crippen LogP contribution in [0.1, 0.15) is 18.5 Å². The van der Waals surface area contributed by atoms with Crippen LogP contribution in [0.2, 0.25) is 5.02 Å². The van der Waals surface area contributed by atoms with Crippen LogP contribution in [0.4, 0.5) is 5.69 Å². The van der Waals surface area contributed by atoms with Gasteiger partial charge in [-0.25, -0.2) is 0 Å². The molecular weight excluding hydrogens is 399 g/mol. The average Bonchev–Trinajstić information content (AvgIpc) is 2.45. The Hall–Kier alpha value is -1.11. The maximum atomic E-state index is 11.9. The molecule has 0 aliphatic rings. The molecule has 1 amide bonds. The predicted molar refractivity (Wildman–Crippen MR) is 95.7 cm³/mol. The first-order chi connectivity index (χ1) is 10.1. The van der Waals surface area contributed by atoms with Gasteiger partial charge >= 0.3 is 0 Å². The Morgan fingerprint density at radius 3 is 2.71 bits per heavy atom. The molecule has 0 saturated carbocycles. The maximum Gasteiger partial charge on any atom is 0.238 e. The second-order valence-electron chi connectivity index (χ2n) is 4.68. The summed E-state index contributed by atoms with van der Waals surface area (Å²) in [5.41, 5.74) is 1.79. The van der Waals surface area contributed by atoms with E-state index in [0.717, 1.165) is 14.8 Å². The zero-order valence-electron chi connectivity index (χ0n) is 11.6. The second-order valence-corrected chi connectivity index (χ2v) is 6.34. The van der Waals surface area contributed by atoms with Gasteiger partial charge in [0.05, 0.1) is 6.54 Å². The summed E-state index contributed by atoms with van der Waals surface area (Å²) in [6.45, 7) is 2.22. The number of anilines is 1. The molecule has 0 fully saturated rings. The zero-order chi connectivity index (χ0) is 15.2. The molecule has 0 heterocycles. The molecule has 110 valence electrons. The molecule has 2 N–H and O–H groups in total. The van der Waals surface area contributed by atoms with E-state index in [4.69, 9.17) is 11.6 Å². The van der Waals surface area contributed by atoms with E-state index in [9.17, 15) is 4.79 Å². The average molecular weight is 415 g/mol. The molecule has 0 radical (unpaired) electrons. The van der Waals surface area contributed by atoms with Crippen LogP contribution >= 0.6 is 34.2 Å². The number of hydrogen-bond acceptors (Lipinski definition) is 2. The van der Waals surface area contributed by atoms with Crippen LogP contribution in [-0.2, 0) is 4.79 Å². The van der Waals surface area contributed by atoms with Gasteiger partial charge in [0.15, 0.2) is 0 Å². The van der Waals surface area contributed by atoms with Gasteiger partial charge in [-0.1, -0.05) is 35.9 Å². The molecule has 0 aliphatic carbocycles. The van der Waals surface area contributed by atoms with Crippen LogP contribution in [0.15, 0.2) is 48.5 Å². The van der Waals surface area contributed by atoms with E-state index in [2.05, 4.69) is 33.2 Å². The summed E-state index contributed by atoms with van der Waals surface area (Å²) in [7, 11) is 0. The van der Waals surface area contributed by atoms with Gasteiger partial charge in [-0.3, -0.25) is 4.79 Å². The van der Waals surface area contributed by atoms with Crippen molar-refractivity contribution in [2.24, 2.45) is 0 Å². The number of halogens is 2. The number of benzene rings is 2. The van der Waals surface area contributed by atoms with E-state index in [1.165, 1.54) is 0 Å². The van der Waals surface area contributed by atoms with E-state index in [0.29, 0.717) is 5.02 Å². The molecule has 2 aromatic rings. The quantitative estimate of drug-likeness (QED) is 0.719. The molecule has 0 aromatic heterocycles. The van der Waals surface area contributed by atoms with Crippen LogP contribution in [-0.4, -0.2) is 12.5 Å². The summed E-state index contributed by atoms with van der Waals surface area (Å²) in [4.78, 5) is 11.9. The maximum absolute atomic E-state index is 11.9. The summed E-state index contributed by atoms with van der Waals surface area (Å²) < 4.78 is 1.09. The lowest BCUT2D eigenvalue weighted by molar-refractivity contribution is -0.115. The fourth-order valence-electron chi connectivity index (χ4n) is 1.95. The van der Waals surface area contributed by atoms with Crippen LogP contribution in [0.25, 0.3) is 0 Å². The number of rotatable bonds is 5. The highest BCUT2D eigenvalue weighted by atomic mass is 127. The van der Waals surface area contributed by atoms with Crippen molar-refractivity contribution in [1.29, 1.82) is 0 Å². The molecule has 2 rings (SSSR count). The first kappa shape index (κ1) is 16.3. The van der Waals surface area contributed by atoms with Gasteiger partial charge in [0.1, 0.15) is 0 Å². The topological polar surface area (TPSA) is 41.1 Å².